The Kier molecular flexibility index (Phi) is 4.81. The molecule has 0 aromatic rings. The predicted molar refractivity (Wildman–Crippen MR) is 76.3 cm³/mol. The maximum absolute atomic E-state index is 12.5. The third-order valence-electron chi connectivity index (χ3n) is 4.60. The number of carbonyl (C=O) groups is 2. The number of likely N-dealkylation sites (tertiary alicyclic amines) is 1. The van der Waals surface area contributed by atoms with E-state index in [1.54, 1.807) is 11.9 Å². The summed E-state index contributed by atoms with van der Waals surface area (Å²) in [6.45, 7) is 1.78. The monoisotopic (exact) mass is 280 g/mol. The first kappa shape index (κ1) is 15.0. The molecule has 5 heteroatoms. The number of aliphatic carboxylic acids is 1. The Morgan fingerprint density at radius 1 is 1.30 bits per heavy atom. The van der Waals surface area contributed by atoms with E-state index in [-0.39, 0.29) is 5.91 Å². The lowest BCUT2D eigenvalue weighted by molar-refractivity contribution is -0.150. The number of hydrogen-bond acceptors (Lipinski definition) is 3. The smallest absolute Gasteiger partial charge is 0.307 e. The Morgan fingerprint density at radius 2 is 1.95 bits per heavy atom. The lowest BCUT2D eigenvalue weighted by Crippen LogP contribution is -2.44. The summed E-state index contributed by atoms with van der Waals surface area (Å²) >= 11 is 0. The van der Waals surface area contributed by atoms with Crippen molar-refractivity contribution in [1.29, 1.82) is 0 Å². The summed E-state index contributed by atoms with van der Waals surface area (Å²) in [5, 5.41) is 9.25. The second-order valence-corrected chi connectivity index (χ2v) is 5.99. The minimum Gasteiger partial charge on any atom is -0.481 e. The van der Waals surface area contributed by atoms with E-state index in [0.29, 0.717) is 25.4 Å². The maximum atomic E-state index is 12.5. The number of carboxylic acids is 1. The number of nitrogens with zero attached hydrogens (tertiary/aromatic N) is 2. The van der Waals surface area contributed by atoms with Gasteiger partial charge in [0, 0.05) is 19.6 Å². The molecule has 2 aliphatic rings. The molecule has 0 aromatic heterocycles. The number of rotatable bonds is 4. The standard InChI is InChI=1S/C15H24N2O3/c1-16-9-5-6-11(16)10-17(2)14(18)12-7-3-4-8-13(12)15(19)20/h3-4,11-13H,5-10H2,1-2H3,(H,19,20). The number of likely N-dealkylation sites (N-methyl/N-ethyl adjacent to an activating group) is 2. The Morgan fingerprint density at radius 3 is 2.50 bits per heavy atom. The quantitative estimate of drug-likeness (QED) is 0.786. The van der Waals surface area contributed by atoms with Gasteiger partial charge < -0.3 is 14.9 Å². The second-order valence-electron chi connectivity index (χ2n) is 5.99. The molecule has 112 valence electrons. The second kappa shape index (κ2) is 6.39. The highest BCUT2D eigenvalue weighted by atomic mass is 16.4. The van der Waals surface area contributed by atoms with Gasteiger partial charge in [-0.3, -0.25) is 9.59 Å². The van der Waals surface area contributed by atoms with E-state index in [2.05, 4.69) is 11.9 Å². The molecule has 1 fully saturated rings. The molecule has 2 rings (SSSR count). The topological polar surface area (TPSA) is 60.9 Å². The summed E-state index contributed by atoms with van der Waals surface area (Å²) in [5.74, 6) is -1.87. The Hall–Kier alpha value is -1.36. The van der Waals surface area contributed by atoms with Crippen LogP contribution in [0.1, 0.15) is 25.7 Å². The predicted octanol–water partition coefficient (Wildman–Crippen LogP) is 1.21. The highest BCUT2D eigenvalue weighted by molar-refractivity contribution is 5.85. The first-order valence-corrected chi connectivity index (χ1v) is 7.33. The Balaban J connectivity index is 1.98. The van der Waals surface area contributed by atoms with E-state index >= 15 is 0 Å². The van der Waals surface area contributed by atoms with Crippen LogP contribution in [0.2, 0.25) is 0 Å². The SMILES string of the molecule is CN(CC1CCCN1C)C(=O)C1CC=CCC1C(=O)O. The van der Waals surface area contributed by atoms with Crippen molar-refractivity contribution < 1.29 is 14.7 Å². The first-order valence-electron chi connectivity index (χ1n) is 7.33. The average Bonchev–Trinajstić information content (AvgIpc) is 2.83. The molecule has 1 amide bonds. The van der Waals surface area contributed by atoms with Gasteiger partial charge in [0.05, 0.1) is 11.8 Å². The summed E-state index contributed by atoms with van der Waals surface area (Å²) in [4.78, 5) is 27.8. The number of carboxylic acid groups (broad SMARTS) is 1. The molecule has 1 saturated heterocycles. The van der Waals surface area contributed by atoms with Gasteiger partial charge in [0.2, 0.25) is 5.91 Å². The van der Waals surface area contributed by atoms with E-state index in [1.807, 2.05) is 12.2 Å². The van der Waals surface area contributed by atoms with Crippen LogP contribution in [0, 0.1) is 11.8 Å². The van der Waals surface area contributed by atoms with E-state index in [9.17, 15) is 14.7 Å². The van der Waals surface area contributed by atoms with Gasteiger partial charge >= 0.3 is 5.97 Å². The van der Waals surface area contributed by atoms with Crippen molar-refractivity contribution in [2.45, 2.75) is 31.7 Å². The van der Waals surface area contributed by atoms with Crippen molar-refractivity contribution in [3.05, 3.63) is 12.2 Å². The summed E-state index contributed by atoms with van der Waals surface area (Å²) < 4.78 is 0. The highest BCUT2D eigenvalue weighted by Gasteiger charge is 2.36. The molecule has 1 aliphatic carbocycles. The molecule has 20 heavy (non-hydrogen) atoms. The van der Waals surface area contributed by atoms with E-state index in [1.165, 1.54) is 6.42 Å². The van der Waals surface area contributed by atoms with Crippen LogP contribution in [0.15, 0.2) is 12.2 Å². The van der Waals surface area contributed by atoms with Crippen molar-refractivity contribution in [3.63, 3.8) is 0 Å². The first-order chi connectivity index (χ1) is 9.50. The van der Waals surface area contributed by atoms with Crippen LogP contribution in [0.25, 0.3) is 0 Å². The maximum Gasteiger partial charge on any atom is 0.307 e. The van der Waals surface area contributed by atoms with E-state index in [0.717, 1.165) is 13.0 Å². The van der Waals surface area contributed by atoms with Gasteiger partial charge in [-0.15, -0.1) is 0 Å². The molecule has 0 aromatic carbocycles. The summed E-state index contributed by atoms with van der Waals surface area (Å²) in [6.07, 6.45) is 7.09. The van der Waals surface area contributed by atoms with Crippen LogP contribution in [-0.4, -0.2) is 60.0 Å². The van der Waals surface area contributed by atoms with Crippen LogP contribution < -0.4 is 0 Å². The van der Waals surface area contributed by atoms with Crippen LogP contribution in [0.5, 0.6) is 0 Å². The van der Waals surface area contributed by atoms with Crippen molar-refractivity contribution >= 4 is 11.9 Å². The van der Waals surface area contributed by atoms with Gasteiger partial charge in [-0.05, 0) is 39.3 Å². The minimum atomic E-state index is -0.862. The molecule has 1 N–H and O–H groups in total. The molecular weight excluding hydrogens is 256 g/mol. The fourth-order valence-electron chi connectivity index (χ4n) is 3.26. The number of carbonyl (C=O) groups excluding carboxylic acids is 1. The molecule has 0 radical (unpaired) electrons. The van der Waals surface area contributed by atoms with Crippen LogP contribution in [0.4, 0.5) is 0 Å². The summed E-state index contributed by atoms with van der Waals surface area (Å²) in [6, 6.07) is 0.409. The molecular formula is C15H24N2O3. The number of hydrogen-bond donors (Lipinski definition) is 1. The Bertz CT molecular complexity index is 408. The molecule has 3 unspecified atom stereocenters. The van der Waals surface area contributed by atoms with E-state index < -0.39 is 17.8 Å². The largest absolute Gasteiger partial charge is 0.481 e. The third-order valence-corrected chi connectivity index (χ3v) is 4.60. The zero-order valence-electron chi connectivity index (χ0n) is 12.3. The van der Waals surface area contributed by atoms with Crippen LogP contribution >= 0.6 is 0 Å². The number of allylic oxidation sites excluding steroid dienone is 2. The van der Waals surface area contributed by atoms with Gasteiger partial charge in [0.25, 0.3) is 0 Å². The normalized spacial score (nSPS) is 30.4. The van der Waals surface area contributed by atoms with Crippen LogP contribution in [-0.2, 0) is 9.59 Å². The van der Waals surface area contributed by atoms with Gasteiger partial charge in [-0.1, -0.05) is 12.2 Å². The van der Waals surface area contributed by atoms with Gasteiger partial charge in [-0.2, -0.15) is 0 Å². The molecule has 0 bridgehead atoms. The minimum absolute atomic E-state index is 0.0259. The van der Waals surface area contributed by atoms with Crippen molar-refractivity contribution in [1.82, 2.24) is 9.80 Å². The molecule has 1 aliphatic heterocycles. The van der Waals surface area contributed by atoms with Crippen molar-refractivity contribution in [2.75, 3.05) is 27.2 Å². The zero-order valence-corrected chi connectivity index (χ0v) is 12.3. The van der Waals surface area contributed by atoms with Gasteiger partial charge in [-0.25, -0.2) is 0 Å². The van der Waals surface area contributed by atoms with Crippen LogP contribution in [0.3, 0.4) is 0 Å². The lowest BCUT2D eigenvalue weighted by atomic mass is 9.82. The number of amides is 1. The Labute approximate surface area is 120 Å². The van der Waals surface area contributed by atoms with Crippen molar-refractivity contribution in [2.24, 2.45) is 11.8 Å². The molecule has 1 heterocycles. The summed E-state index contributed by atoms with van der Waals surface area (Å²) in [5.41, 5.74) is 0. The molecule has 3 atom stereocenters. The highest BCUT2D eigenvalue weighted by Crippen LogP contribution is 2.28. The fraction of sp³-hybridized carbons (Fsp3) is 0.733. The summed E-state index contributed by atoms with van der Waals surface area (Å²) in [7, 11) is 3.88. The van der Waals surface area contributed by atoms with Gasteiger partial charge in [0.15, 0.2) is 0 Å². The third kappa shape index (κ3) is 3.20. The fourth-order valence-corrected chi connectivity index (χ4v) is 3.26. The molecule has 0 saturated carbocycles. The molecule has 0 spiro atoms. The zero-order chi connectivity index (χ0) is 14.7. The van der Waals surface area contributed by atoms with Gasteiger partial charge in [0.1, 0.15) is 0 Å². The van der Waals surface area contributed by atoms with E-state index in [4.69, 9.17) is 0 Å². The molecule has 5 nitrogen and oxygen atoms in total. The average molecular weight is 280 g/mol. The van der Waals surface area contributed by atoms with Crippen molar-refractivity contribution in [3.8, 4) is 0 Å². The lowest BCUT2D eigenvalue weighted by Gasteiger charge is -2.31.